The van der Waals surface area contributed by atoms with Crippen molar-refractivity contribution in [2.24, 2.45) is 0 Å². The van der Waals surface area contributed by atoms with Crippen LogP contribution >= 0.6 is 12.2 Å². The topological polar surface area (TPSA) is 97.9 Å². The predicted octanol–water partition coefficient (Wildman–Crippen LogP) is 4.40. The number of methoxy groups -OCH3 is 3. The number of rotatable bonds is 7. The van der Waals surface area contributed by atoms with Gasteiger partial charge in [0.15, 0.2) is 16.6 Å². The maximum atomic E-state index is 12.7. The van der Waals surface area contributed by atoms with E-state index in [0.29, 0.717) is 34.2 Å². The lowest BCUT2D eigenvalue weighted by atomic mass is 10.1. The molecule has 0 atom stereocenters. The molecule has 3 aromatic carbocycles. The summed E-state index contributed by atoms with van der Waals surface area (Å²) in [6.07, 6.45) is 0. The van der Waals surface area contributed by atoms with E-state index in [1.165, 1.54) is 33.5 Å². The molecule has 0 saturated carbocycles. The first kappa shape index (κ1) is 24.5. The number of benzene rings is 3. The molecule has 0 heterocycles. The molecule has 0 spiro atoms. The normalized spacial score (nSPS) is 10.1. The van der Waals surface area contributed by atoms with Crippen LogP contribution in [0, 0.1) is 6.92 Å². The molecule has 0 radical (unpaired) electrons. The summed E-state index contributed by atoms with van der Waals surface area (Å²) >= 11 is 5.26. The molecule has 3 rings (SSSR count). The van der Waals surface area contributed by atoms with Crippen LogP contribution in [0.2, 0.25) is 0 Å². The first-order valence-corrected chi connectivity index (χ1v) is 10.7. The van der Waals surface area contributed by atoms with Crippen LogP contribution in [0.5, 0.6) is 17.2 Å². The van der Waals surface area contributed by atoms with E-state index < -0.39 is 5.91 Å². The highest BCUT2D eigenvalue weighted by Gasteiger charge is 2.18. The summed E-state index contributed by atoms with van der Waals surface area (Å²) in [5.41, 5.74) is 3.06. The molecular formula is C25H25N3O5S. The van der Waals surface area contributed by atoms with Gasteiger partial charge in [0.1, 0.15) is 0 Å². The van der Waals surface area contributed by atoms with Crippen molar-refractivity contribution >= 4 is 40.5 Å². The van der Waals surface area contributed by atoms with E-state index in [4.69, 9.17) is 26.4 Å². The Morgan fingerprint density at radius 2 is 1.32 bits per heavy atom. The molecule has 176 valence electrons. The summed E-state index contributed by atoms with van der Waals surface area (Å²) in [4.78, 5) is 25.1. The van der Waals surface area contributed by atoms with Crippen molar-refractivity contribution in [2.45, 2.75) is 6.92 Å². The highest BCUT2D eigenvalue weighted by atomic mass is 32.1. The van der Waals surface area contributed by atoms with Gasteiger partial charge < -0.3 is 24.8 Å². The molecule has 3 N–H and O–H groups in total. The Hall–Kier alpha value is -4.11. The minimum atomic E-state index is -0.445. The Morgan fingerprint density at radius 3 is 1.85 bits per heavy atom. The summed E-state index contributed by atoms with van der Waals surface area (Å²) in [5, 5.41) is 8.53. The molecule has 0 aliphatic heterocycles. The third-order valence-electron chi connectivity index (χ3n) is 4.94. The molecule has 3 aromatic rings. The van der Waals surface area contributed by atoms with E-state index in [1.807, 2.05) is 25.1 Å². The summed E-state index contributed by atoms with van der Waals surface area (Å²) in [7, 11) is 4.43. The second-order valence-electron chi connectivity index (χ2n) is 7.17. The van der Waals surface area contributed by atoms with Crippen molar-refractivity contribution in [1.82, 2.24) is 5.32 Å². The number of thiocarbonyl (C=S) groups is 1. The van der Waals surface area contributed by atoms with Crippen LogP contribution in [0.3, 0.4) is 0 Å². The molecule has 0 aliphatic rings. The summed E-state index contributed by atoms with van der Waals surface area (Å²) in [5.74, 6) is 0.464. The van der Waals surface area contributed by atoms with Crippen LogP contribution in [0.1, 0.15) is 26.3 Å². The van der Waals surface area contributed by atoms with Crippen LogP contribution in [0.15, 0.2) is 60.7 Å². The van der Waals surface area contributed by atoms with Crippen LogP contribution in [-0.2, 0) is 0 Å². The second-order valence-corrected chi connectivity index (χ2v) is 7.58. The fourth-order valence-electron chi connectivity index (χ4n) is 3.21. The fraction of sp³-hybridized carbons (Fsp3) is 0.160. The molecule has 0 fully saturated rings. The number of anilines is 2. The Bertz CT molecular complexity index is 1190. The molecular weight excluding hydrogens is 454 g/mol. The van der Waals surface area contributed by atoms with Gasteiger partial charge in [-0.05, 0) is 67.2 Å². The smallest absolute Gasteiger partial charge is 0.257 e. The Labute approximate surface area is 203 Å². The minimum absolute atomic E-state index is 0.107. The number of hydrogen-bond donors (Lipinski definition) is 3. The first-order chi connectivity index (χ1) is 16.4. The first-order valence-electron chi connectivity index (χ1n) is 10.3. The van der Waals surface area contributed by atoms with Crippen molar-refractivity contribution in [2.75, 3.05) is 32.0 Å². The van der Waals surface area contributed by atoms with E-state index in [-0.39, 0.29) is 16.6 Å². The SMILES string of the molecule is COc1cc(C(=O)NC(=S)Nc2ccc(NC(=O)c3ccccc3C)cc2)cc(OC)c1OC. The summed E-state index contributed by atoms with van der Waals surface area (Å²) in [6.45, 7) is 1.88. The largest absolute Gasteiger partial charge is 0.493 e. The lowest BCUT2D eigenvalue weighted by molar-refractivity contribution is 0.0975. The molecule has 0 unspecified atom stereocenters. The molecule has 2 amide bonds. The Kier molecular flexibility index (Phi) is 8.05. The summed E-state index contributed by atoms with van der Waals surface area (Å²) < 4.78 is 15.8. The number of carbonyl (C=O) groups is 2. The van der Waals surface area contributed by atoms with Crippen molar-refractivity contribution in [3.8, 4) is 17.2 Å². The number of ether oxygens (including phenoxy) is 3. The Morgan fingerprint density at radius 1 is 0.765 bits per heavy atom. The fourth-order valence-corrected chi connectivity index (χ4v) is 3.42. The second kappa shape index (κ2) is 11.2. The monoisotopic (exact) mass is 479 g/mol. The van der Waals surface area contributed by atoms with Crippen molar-refractivity contribution < 1.29 is 23.8 Å². The zero-order valence-corrected chi connectivity index (χ0v) is 20.0. The zero-order valence-electron chi connectivity index (χ0n) is 19.2. The van der Waals surface area contributed by atoms with Gasteiger partial charge in [0.25, 0.3) is 11.8 Å². The minimum Gasteiger partial charge on any atom is -0.493 e. The number of carbonyl (C=O) groups excluding carboxylic acids is 2. The molecule has 9 heteroatoms. The van der Waals surface area contributed by atoms with Gasteiger partial charge in [-0.25, -0.2) is 0 Å². The number of amides is 2. The van der Waals surface area contributed by atoms with Gasteiger partial charge in [-0.1, -0.05) is 18.2 Å². The van der Waals surface area contributed by atoms with Crippen molar-refractivity contribution in [3.63, 3.8) is 0 Å². The zero-order chi connectivity index (χ0) is 24.7. The highest BCUT2D eigenvalue weighted by molar-refractivity contribution is 7.80. The van der Waals surface area contributed by atoms with E-state index in [0.717, 1.165) is 5.56 Å². The van der Waals surface area contributed by atoms with Gasteiger partial charge in [0, 0.05) is 22.5 Å². The Balaban J connectivity index is 1.62. The average Bonchev–Trinajstić information content (AvgIpc) is 2.84. The van der Waals surface area contributed by atoms with Gasteiger partial charge in [0.05, 0.1) is 21.3 Å². The van der Waals surface area contributed by atoms with Gasteiger partial charge in [0.2, 0.25) is 5.75 Å². The van der Waals surface area contributed by atoms with Gasteiger partial charge in [-0.15, -0.1) is 0 Å². The molecule has 0 aromatic heterocycles. The maximum absolute atomic E-state index is 12.7. The predicted molar refractivity (Wildman–Crippen MR) is 135 cm³/mol. The quantitative estimate of drug-likeness (QED) is 0.432. The molecule has 34 heavy (non-hydrogen) atoms. The van der Waals surface area contributed by atoms with Gasteiger partial charge in [-0.3, -0.25) is 14.9 Å². The van der Waals surface area contributed by atoms with Crippen molar-refractivity contribution in [1.29, 1.82) is 0 Å². The molecule has 0 saturated heterocycles. The van der Waals surface area contributed by atoms with Crippen molar-refractivity contribution in [3.05, 3.63) is 77.4 Å². The third-order valence-corrected chi connectivity index (χ3v) is 5.15. The number of aryl methyl sites for hydroxylation is 1. The molecule has 0 aliphatic carbocycles. The van der Waals surface area contributed by atoms with Gasteiger partial charge in [-0.2, -0.15) is 0 Å². The molecule has 0 bridgehead atoms. The van der Waals surface area contributed by atoms with E-state index in [9.17, 15) is 9.59 Å². The van der Waals surface area contributed by atoms with E-state index >= 15 is 0 Å². The van der Waals surface area contributed by atoms with Crippen LogP contribution in [0.25, 0.3) is 0 Å². The third kappa shape index (κ3) is 5.81. The van der Waals surface area contributed by atoms with Crippen LogP contribution in [0.4, 0.5) is 11.4 Å². The maximum Gasteiger partial charge on any atom is 0.257 e. The average molecular weight is 480 g/mol. The highest BCUT2D eigenvalue weighted by Crippen LogP contribution is 2.38. The van der Waals surface area contributed by atoms with Crippen LogP contribution in [-0.4, -0.2) is 38.3 Å². The standard InChI is InChI=1S/C25H25N3O5S/c1-15-7-5-6-8-19(15)24(30)26-17-9-11-18(12-10-17)27-25(34)28-23(29)16-13-20(31-2)22(33-4)21(14-16)32-3/h5-14H,1-4H3,(H,26,30)(H2,27,28,29,34). The van der Waals surface area contributed by atoms with E-state index in [2.05, 4.69) is 16.0 Å². The van der Waals surface area contributed by atoms with Crippen LogP contribution < -0.4 is 30.2 Å². The van der Waals surface area contributed by atoms with E-state index in [1.54, 1.807) is 30.3 Å². The van der Waals surface area contributed by atoms with Gasteiger partial charge >= 0.3 is 0 Å². The number of nitrogens with one attached hydrogen (secondary N) is 3. The molecule has 8 nitrogen and oxygen atoms in total. The lowest BCUT2D eigenvalue weighted by Gasteiger charge is -2.15. The number of hydrogen-bond acceptors (Lipinski definition) is 6. The summed E-state index contributed by atoms with van der Waals surface area (Å²) in [6, 6.07) is 17.4. The lowest BCUT2D eigenvalue weighted by Crippen LogP contribution is -2.34.